The summed E-state index contributed by atoms with van der Waals surface area (Å²) < 4.78 is 0. The van der Waals surface area contributed by atoms with E-state index in [1.54, 1.807) is 0 Å². The van der Waals surface area contributed by atoms with Gasteiger partial charge in [-0.15, -0.1) is 0 Å². The first-order chi connectivity index (χ1) is 29.2. The second-order valence-corrected chi connectivity index (χ2v) is 24.4. The third-order valence-electron chi connectivity index (χ3n) is 14.2. The summed E-state index contributed by atoms with van der Waals surface area (Å²) in [5, 5.41) is 0. The summed E-state index contributed by atoms with van der Waals surface area (Å²) in [4.78, 5) is 12.0. The molecule has 0 heterocycles. The number of rotatable bonds is 54. The Bertz CT molecular complexity index is 628. The highest BCUT2D eigenvalue weighted by Gasteiger charge is 2.29. The highest BCUT2D eigenvalue weighted by molar-refractivity contribution is 6.72. The zero-order chi connectivity index (χ0) is 42.7. The summed E-state index contributed by atoms with van der Waals surface area (Å²) >= 11 is 0. The molecule has 0 fully saturated rings. The molecule has 0 amide bonds. The molecule has 0 saturated heterocycles. The Hall–Kier alpha value is 0.177. The molecular weight excluding hydrogens is 729 g/mol. The van der Waals surface area contributed by atoms with Gasteiger partial charge in [0.15, 0.2) is 8.32 Å². The van der Waals surface area contributed by atoms with Crippen LogP contribution in [-0.2, 0) is 0 Å². The van der Waals surface area contributed by atoms with Gasteiger partial charge >= 0.3 is 0 Å². The van der Waals surface area contributed by atoms with E-state index < -0.39 is 8.32 Å². The Labute approximate surface area is 377 Å². The second-order valence-electron chi connectivity index (χ2n) is 20.4. The van der Waals surface area contributed by atoms with Crippen molar-refractivity contribution in [2.75, 3.05) is 0 Å². The molecule has 356 valence electrons. The van der Waals surface area contributed by atoms with Gasteiger partial charge in [-0.3, -0.25) is 0 Å². The fourth-order valence-corrected chi connectivity index (χ4v) is 13.4. The standard InChI is InChI=1S/C57H118OSi/c1-4-7-10-13-16-19-22-25-28-31-34-37-40-43-46-49-52-55-59(58,56-53-50-47-44-41-38-35-32-29-26-23-20-17-14-11-8-5-2)57-54-51-48-45-42-39-36-33-30-27-24-21-18-15-12-9-6-3/h58H,4-57H2,1-3H3. The lowest BCUT2D eigenvalue weighted by atomic mass is 10.0. The highest BCUT2D eigenvalue weighted by atomic mass is 28.4. The van der Waals surface area contributed by atoms with E-state index in [9.17, 15) is 4.80 Å². The van der Waals surface area contributed by atoms with Crippen molar-refractivity contribution in [3.05, 3.63) is 0 Å². The predicted octanol–water partition coefficient (Wildman–Crippen LogP) is 21.9. The molecule has 0 aromatic carbocycles. The molecule has 1 N–H and O–H groups in total. The average molecular weight is 848 g/mol. The van der Waals surface area contributed by atoms with E-state index in [2.05, 4.69) is 20.8 Å². The molecule has 59 heavy (non-hydrogen) atoms. The molecule has 1 nitrogen and oxygen atoms in total. The Morgan fingerprint density at radius 2 is 0.271 bits per heavy atom. The maximum absolute atomic E-state index is 12.0. The van der Waals surface area contributed by atoms with E-state index in [-0.39, 0.29) is 0 Å². The van der Waals surface area contributed by atoms with Gasteiger partial charge in [-0.2, -0.15) is 0 Å². The zero-order valence-electron chi connectivity index (χ0n) is 42.1. The van der Waals surface area contributed by atoms with Crippen LogP contribution in [0.25, 0.3) is 0 Å². The van der Waals surface area contributed by atoms with Gasteiger partial charge in [0.1, 0.15) is 0 Å². The lowest BCUT2D eigenvalue weighted by molar-refractivity contribution is 0.490. The van der Waals surface area contributed by atoms with Crippen LogP contribution in [0.4, 0.5) is 0 Å². The molecule has 0 aromatic rings. The molecule has 0 radical (unpaired) electrons. The minimum Gasteiger partial charge on any atom is -0.432 e. The lowest BCUT2D eigenvalue weighted by Gasteiger charge is -2.25. The molecule has 0 unspecified atom stereocenters. The third kappa shape index (κ3) is 50.7. The Morgan fingerprint density at radius 3 is 0.390 bits per heavy atom. The minimum absolute atomic E-state index is 1.20. The number of hydrogen-bond acceptors (Lipinski definition) is 1. The summed E-state index contributed by atoms with van der Waals surface area (Å²) in [6, 6.07) is 3.59. The van der Waals surface area contributed by atoms with E-state index in [1.165, 1.54) is 346 Å². The van der Waals surface area contributed by atoms with Crippen LogP contribution in [0.1, 0.15) is 348 Å². The van der Waals surface area contributed by atoms with Crippen LogP contribution < -0.4 is 0 Å². The molecule has 0 aliphatic rings. The summed E-state index contributed by atoms with van der Waals surface area (Å²) in [5.74, 6) is 0. The van der Waals surface area contributed by atoms with Crippen molar-refractivity contribution in [2.45, 2.75) is 366 Å². The predicted molar refractivity (Wildman–Crippen MR) is 275 cm³/mol. The number of hydrogen-bond donors (Lipinski definition) is 1. The van der Waals surface area contributed by atoms with Crippen molar-refractivity contribution < 1.29 is 4.80 Å². The molecule has 0 bridgehead atoms. The SMILES string of the molecule is CCCCCCCCCCCCCCCCCCC[Si](O)(CCCCCCCCCCCCCCCCCCC)CCCCCCCCCCCCCCCCCCC. The van der Waals surface area contributed by atoms with Gasteiger partial charge in [-0.05, 0) is 18.1 Å². The third-order valence-corrected chi connectivity index (χ3v) is 18.1. The topological polar surface area (TPSA) is 20.2 Å². The van der Waals surface area contributed by atoms with Crippen LogP contribution in [0.5, 0.6) is 0 Å². The van der Waals surface area contributed by atoms with E-state index in [0.29, 0.717) is 0 Å². The van der Waals surface area contributed by atoms with Crippen molar-refractivity contribution in [3.63, 3.8) is 0 Å². The van der Waals surface area contributed by atoms with E-state index in [0.717, 1.165) is 0 Å². The quantitative estimate of drug-likeness (QED) is 0.0478. The molecule has 0 aromatic heterocycles. The van der Waals surface area contributed by atoms with Crippen LogP contribution in [0.15, 0.2) is 0 Å². The average Bonchev–Trinajstić information content (AvgIpc) is 3.24. The highest BCUT2D eigenvalue weighted by Crippen LogP contribution is 2.28. The van der Waals surface area contributed by atoms with Gasteiger partial charge in [0, 0.05) is 0 Å². The van der Waals surface area contributed by atoms with Crippen molar-refractivity contribution in [1.82, 2.24) is 0 Å². The zero-order valence-corrected chi connectivity index (χ0v) is 43.1. The van der Waals surface area contributed by atoms with E-state index in [1.807, 2.05) is 0 Å². The molecule has 0 saturated carbocycles. The normalized spacial score (nSPS) is 12.0. The molecule has 0 aliphatic carbocycles. The molecular formula is C57H118OSi. The van der Waals surface area contributed by atoms with Crippen molar-refractivity contribution in [3.8, 4) is 0 Å². The fraction of sp³-hybridized carbons (Fsp3) is 1.00. The molecule has 0 spiro atoms. The van der Waals surface area contributed by atoms with Crippen molar-refractivity contribution in [1.29, 1.82) is 0 Å². The lowest BCUT2D eigenvalue weighted by Crippen LogP contribution is -2.34. The van der Waals surface area contributed by atoms with Gasteiger partial charge in [0.05, 0.1) is 0 Å². The first-order valence-corrected chi connectivity index (χ1v) is 31.5. The van der Waals surface area contributed by atoms with Crippen LogP contribution in [0.2, 0.25) is 18.1 Å². The maximum Gasteiger partial charge on any atom is 0.188 e. The Morgan fingerprint density at radius 1 is 0.169 bits per heavy atom. The van der Waals surface area contributed by atoms with Crippen LogP contribution in [-0.4, -0.2) is 13.1 Å². The summed E-state index contributed by atoms with van der Waals surface area (Å²) in [7, 11) is -2.08. The maximum atomic E-state index is 12.0. The fourth-order valence-electron chi connectivity index (χ4n) is 9.91. The summed E-state index contributed by atoms with van der Waals surface area (Å²) in [6.07, 6.45) is 73.2. The summed E-state index contributed by atoms with van der Waals surface area (Å²) in [6.45, 7) is 6.94. The van der Waals surface area contributed by atoms with Gasteiger partial charge in [-0.25, -0.2) is 0 Å². The monoisotopic (exact) mass is 847 g/mol. The van der Waals surface area contributed by atoms with Crippen LogP contribution >= 0.6 is 0 Å². The molecule has 0 atom stereocenters. The van der Waals surface area contributed by atoms with Crippen molar-refractivity contribution in [2.24, 2.45) is 0 Å². The Kier molecular flexibility index (Phi) is 52.7. The minimum atomic E-state index is -2.08. The number of unbranched alkanes of at least 4 members (excludes halogenated alkanes) is 48. The van der Waals surface area contributed by atoms with Crippen LogP contribution in [0.3, 0.4) is 0 Å². The Balaban J connectivity index is 4.08. The molecule has 2 heteroatoms. The van der Waals surface area contributed by atoms with E-state index in [4.69, 9.17) is 0 Å². The first-order valence-electron chi connectivity index (χ1n) is 28.9. The van der Waals surface area contributed by atoms with E-state index >= 15 is 0 Å². The van der Waals surface area contributed by atoms with Crippen LogP contribution in [0, 0.1) is 0 Å². The summed E-state index contributed by atoms with van der Waals surface area (Å²) in [5.41, 5.74) is 0. The molecule has 0 rings (SSSR count). The largest absolute Gasteiger partial charge is 0.432 e. The van der Waals surface area contributed by atoms with Gasteiger partial charge < -0.3 is 4.80 Å². The van der Waals surface area contributed by atoms with Crippen molar-refractivity contribution >= 4 is 8.32 Å². The van der Waals surface area contributed by atoms with Gasteiger partial charge in [0.25, 0.3) is 0 Å². The first kappa shape index (κ1) is 59.2. The smallest absolute Gasteiger partial charge is 0.188 e. The molecule has 0 aliphatic heterocycles. The van der Waals surface area contributed by atoms with Gasteiger partial charge in [-0.1, -0.05) is 348 Å². The second kappa shape index (κ2) is 52.5. The van der Waals surface area contributed by atoms with Gasteiger partial charge in [0.2, 0.25) is 0 Å².